The zero-order valence-corrected chi connectivity index (χ0v) is 19.5. The Morgan fingerprint density at radius 1 is 1.09 bits per heavy atom. The zero-order chi connectivity index (χ0) is 23.8. The monoisotopic (exact) mass is 477 g/mol. The van der Waals surface area contributed by atoms with Crippen LogP contribution in [0.3, 0.4) is 0 Å². The molecule has 1 heterocycles. The summed E-state index contributed by atoms with van der Waals surface area (Å²) in [6.45, 7) is 1.89. The summed E-state index contributed by atoms with van der Waals surface area (Å²) in [5.74, 6) is -1.14. The second kappa shape index (κ2) is 9.14. The number of nitrogens with zero attached hydrogens (tertiary/aromatic N) is 1. The Morgan fingerprint density at radius 2 is 1.76 bits per heavy atom. The molecule has 0 unspecified atom stereocenters. The van der Waals surface area contributed by atoms with E-state index in [1.807, 2.05) is 0 Å². The number of hydrogen-bond acceptors (Lipinski definition) is 4. The molecule has 2 aromatic rings. The van der Waals surface area contributed by atoms with E-state index in [4.69, 9.17) is 0 Å². The van der Waals surface area contributed by atoms with Gasteiger partial charge in [0.15, 0.2) is 9.84 Å². The largest absolute Gasteiger partial charge is 0.396 e. The quantitative estimate of drug-likeness (QED) is 0.662. The SMILES string of the molecule is Cc1ccc([C@]2(S(=O)(=O)c3ccc(F)cc3)CCN(C(=O)[C@H]3CC[C@H](CO)CC3)C2)cc1F. The van der Waals surface area contributed by atoms with Crippen LogP contribution >= 0.6 is 0 Å². The van der Waals surface area contributed by atoms with Crippen LogP contribution in [-0.4, -0.2) is 44.0 Å². The number of carbonyl (C=O) groups excluding carboxylic acids is 1. The van der Waals surface area contributed by atoms with E-state index in [9.17, 15) is 27.1 Å². The van der Waals surface area contributed by atoms with Gasteiger partial charge in [0.25, 0.3) is 0 Å². The Hall–Kier alpha value is -2.32. The van der Waals surface area contributed by atoms with Gasteiger partial charge < -0.3 is 10.0 Å². The molecule has 0 radical (unpaired) electrons. The van der Waals surface area contributed by atoms with Gasteiger partial charge in [0.2, 0.25) is 5.91 Å². The normalized spacial score (nSPS) is 25.9. The van der Waals surface area contributed by atoms with E-state index in [1.165, 1.54) is 18.2 Å². The Kier molecular flexibility index (Phi) is 6.60. The zero-order valence-electron chi connectivity index (χ0n) is 18.6. The highest BCUT2D eigenvalue weighted by Gasteiger charge is 2.52. The Bertz CT molecular complexity index is 1130. The fourth-order valence-corrected chi connectivity index (χ4v) is 7.21. The van der Waals surface area contributed by atoms with Gasteiger partial charge in [0.05, 0.1) is 4.90 Å². The first kappa shape index (κ1) is 23.8. The van der Waals surface area contributed by atoms with E-state index in [1.54, 1.807) is 24.0 Å². The molecule has 0 bridgehead atoms. The summed E-state index contributed by atoms with van der Waals surface area (Å²) in [5.41, 5.74) is 0.703. The summed E-state index contributed by atoms with van der Waals surface area (Å²) < 4.78 is 54.2. The first-order valence-corrected chi connectivity index (χ1v) is 12.8. The summed E-state index contributed by atoms with van der Waals surface area (Å²) in [5, 5.41) is 9.36. The number of hydrogen-bond donors (Lipinski definition) is 1. The number of aliphatic hydroxyl groups is 1. The van der Waals surface area contributed by atoms with Gasteiger partial charge >= 0.3 is 0 Å². The van der Waals surface area contributed by atoms with E-state index in [0.717, 1.165) is 25.0 Å². The molecule has 0 spiro atoms. The van der Waals surface area contributed by atoms with Crippen molar-refractivity contribution in [3.8, 4) is 0 Å². The predicted molar refractivity (Wildman–Crippen MR) is 120 cm³/mol. The maximum Gasteiger partial charge on any atom is 0.225 e. The van der Waals surface area contributed by atoms with Gasteiger partial charge in [-0.1, -0.05) is 12.1 Å². The van der Waals surface area contributed by atoms with Gasteiger partial charge in [-0.05, 0) is 86.4 Å². The average Bonchev–Trinajstić information content (AvgIpc) is 3.28. The summed E-state index contributed by atoms with van der Waals surface area (Å²) in [4.78, 5) is 14.8. The minimum Gasteiger partial charge on any atom is -0.396 e. The summed E-state index contributed by atoms with van der Waals surface area (Å²) >= 11 is 0. The molecule has 2 fully saturated rings. The van der Waals surface area contributed by atoms with E-state index >= 15 is 0 Å². The summed E-state index contributed by atoms with van der Waals surface area (Å²) in [6, 6.07) is 9.03. The molecular weight excluding hydrogens is 448 g/mol. The second-order valence-electron chi connectivity index (χ2n) is 9.33. The molecule has 1 saturated carbocycles. The van der Waals surface area contributed by atoms with E-state index in [0.29, 0.717) is 24.0 Å². The fraction of sp³-hybridized carbons (Fsp3) is 0.480. The number of benzene rings is 2. The van der Waals surface area contributed by atoms with Crippen LogP contribution in [-0.2, 0) is 19.4 Å². The first-order valence-electron chi connectivity index (χ1n) is 11.3. The third-order valence-electron chi connectivity index (χ3n) is 7.33. The smallest absolute Gasteiger partial charge is 0.225 e. The van der Waals surface area contributed by atoms with E-state index in [2.05, 4.69) is 0 Å². The molecule has 1 aliphatic carbocycles. The first-order chi connectivity index (χ1) is 15.7. The van der Waals surface area contributed by atoms with Gasteiger partial charge in [-0.25, -0.2) is 17.2 Å². The van der Waals surface area contributed by atoms with Crippen LogP contribution in [0.15, 0.2) is 47.4 Å². The van der Waals surface area contributed by atoms with Crippen molar-refractivity contribution in [2.75, 3.05) is 19.7 Å². The molecule has 5 nitrogen and oxygen atoms in total. The Labute approximate surface area is 193 Å². The van der Waals surface area contributed by atoms with Crippen LogP contribution in [0, 0.1) is 30.4 Å². The molecule has 2 aliphatic rings. The number of aryl methyl sites for hydroxylation is 1. The number of rotatable bonds is 5. The number of carbonyl (C=O) groups is 1. The van der Waals surface area contributed by atoms with Crippen LogP contribution in [0.2, 0.25) is 0 Å². The minimum absolute atomic E-state index is 0.0531. The number of sulfone groups is 1. The minimum atomic E-state index is -4.07. The van der Waals surface area contributed by atoms with Crippen LogP contribution < -0.4 is 0 Å². The van der Waals surface area contributed by atoms with Gasteiger partial charge in [-0.2, -0.15) is 0 Å². The van der Waals surface area contributed by atoms with Crippen molar-refractivity contribution in [2.24, 2.45) is 11.8 Å². The fourth-order valence-electron chi connectivity index (χ4n) is 5.15. The third kappa shape index (κ3) is 4.30. The molecular formula is C25H29F2NO4S. The molecule has 2 aromatic carbocycles. The maximum absolute atomic E-state index is 14.5. The van der Waals surface area contributed by atoms with Crippen molar-refractivity contribution in [3.63, 3.8) is 0 Å². The molecule has 0 aromatic heterocycles. The average molecular weight is 478 g/mol. The predicted octanol–water partition coefficient (Wildman–Crippen LogP) is 3.97. The van der Waals surface area contributed by atoms with Crippen LogP contribution in [0.5, 0.6) is 0 Å². The molecule has 1 atom stereocenters. The molecule has 8 heteroatoms. The van der Waals surface area contributed by atoms with Crippen molar-refractivity contribution >= 4 is 15.7 Å². The van der Waals surface area contributed by atoms with Crippen molar-refractivity contribution < 1.29 is 27.1 Å². The number of likely N-dealkylation sites (tertiary alicyclic amines) is 1. The third-order valence-corrected chi connectivity index (χ3v) is 9.82. The molecule has 1 aliphatic heterocycles. The Morgan fingerprint density at radius 3 is 2.36 bits per heavy atom. The van der Waals surface area contributed by atoms with Gasteiger partial charge in [-0.3, -0.25) is 4.79 Å². The van der Waals surface area contributed by atoms with Crippen molar-refractivity contribution in [1.29, 1.82) is 0 Å². The van der Waals surface area contributed by atoms with Crippen LogP contribution in [0.25, 0.3) is 0 Å². The maximum atomic E-state index is 14.5. The van der Waals surface area contributed by atoms with Crippen LogP contribution in [0.4, 0.5) is 8.78 Å². The standard InChI is InChI=1S/C25H29F2NO4S/c1-17-2-7-20(14-23(17)27)25(33(31,32)22-10-8-21(26)9-11-22)12-13-28(16-25)24(30)19-5-3-18(15-29)4-6-19/h2,7-11,14,18-19,29H,3-6,12-13,15-16H2,1H3/t18-,19-,25-/m0/s1. The lowest BCUT2D eigenvalue weighted by atomic mass is 9.82. The topological polar surface area (TPSA) is 74.7 Å². The second-order valence-corrected chi connectivity index (χ2v) is 11.6. The molecule has 4 rings (SSSR count). The highest BCUT2D eigenvalue weighted by atomic mass is 32.2. The van der Waals surface area contributed by atoms with E-state index in [-0.39, 0.29) is 48.8 Å². The highest BCUT2D eigenvalue weighted by Crippen LogP contribution is 2.44. The lowest BCUT2D eigenvalue weighted by molar-refractivity contribution is -0.136. The van der Waals surface area contributed by atoms with E-state index < -0.39 is 26.2 Å². The lowest BCUT2D eigenvalue weighted by Gasteiger charge is -2.32. The van der Waals surface area contributed by atoms with Gasteiger partial charge in [-0.15, -0.1) is 0 Å². The van der Waals surface area contributed by atoms with Crippen molar-refractivity contribution in [1.82, 2.24) is 4.90 Å². The molecule has 1 amide bonds. The summed E-state index contributed by atoms with van der Waals surface area (Å²) in [6.07, 6.45) is 2.99. The number of amides is 1. The van der Waals surface area contributed by atoms with Crippen molar-refractivity contribution in [3.05, 3.63) is 65.2 Å². The molecule has 1 N–H and O–H groups in total. The van der Waals surface area contributed by atoms with Crippen LogP contribution in [0.1, 0.15) is 43.2 Å². The lowest BCUT2D eigenvalue weighted by Crippen LogP contribution is -2.42. The summed E-state index contributed by atoms with van der Waals surface area (Å²) in [7, 11) is -4.07. The Balaban J connectivity index is 1.70. The molecule has 1 saturated heterocycles. The molecule has 178 valence electrons. The highest BCUT2D eigenvalue weighted by molar-refractivity contribution is 7.92. The van der Waals surface area contributed by atoms with Gasteiger partial charge in [0, 0.05) is 25.6 Å². The number of aliphatic hydroxyl groups excluding tert-OH is 1. The van der Waals surface area contributed by atoms with Gasteiger partial charge in [0.1, 0.15) is 16.4 Å². The van der Waals surface area contributed by atoms with Crippen molar-refractivity contribution in [2.45, 2.75) is 48.7 Å². The number of halogens is 2. The molecule has 33 heavy (non-hydrogen) atoms.